The van der Waals surface area contributed by atoms with Gasteiger partial charge in [0.25, 0.3) is 5.90 Å². The van der Waals surface area contributed by atoms with Crippen LogP contribution in [0.3, 0.4) is 0 Å². The Balaban J connectivity index is 1.01. The van der Waals surface area contributed by atoms with Crippen LogP contribution in [0.5, 0.6) is 5.75 Å². The van der Waals surface area contributed by atoms with Crippen LogP contribution >= 0.6 is 0 Å². The van der Waals surface area contributed by atoms with Crippen LogP contribution in [-0.4, -0.2) is 83.5 Å². The highest BCUT2D eigenvalue weighted by molar-refractivity contribution is 5.94. The van der Waals surface area contributed by atoms with Gasteiger partial charge in [0.2, 0.25) is 0 Å². The van der Waals surface area contributed by atoms with Gasteiger partial charge in [-0.2, -0.15) is 5.26 Å². The highest BCUT2D eigenvalue weighted by Gasteiger charge is 2.40. The van der Waals surface area contributed by atoms with Crippen molar-refractivity contribution in [1.29, 1.82) is 5.26 Å². The number of hydrogen-bond acceptors (Lipinski definition) is 11. The minimum absolute atomic E-state index is 0.144. The fourth-order valence-corrected chi connectivity index (χ4v) is 7.33. The molecule has 1 fully saturated rings. The molecule has 3 aromatic carbocycles. The first-order chi connectivity index (χ1) is 24.7. The predicted octanol–water partition coefficient (Wildman–Crippen LogP) is 4.27. The molecule has 3 aliphatic rings. The van der Waals surface area contributed by atoms with Crippen molar-refractivity contribution in [2.45, 2.75) is 76.2 Å². The molecule has 5 atom stereocenters. The Kier molecular flexibility index (Phi) is 11.8. The zero-order valence-electron chi connectivity index (χ0n) is 28.8. The standard InChI is InChI=1S/C39H45N5O7/c1-24(49-23-36(46)35(45)16-17-42-33-13-10-25-6-3-4-8-31(25)33)50-37-15-11-26(18-28(37)19-40)38(51-41-2)43-20-27-7-5-9-32-30(27)12-14-34(32)44-21-29(22-44)39(47)48/h3-9,11,15,18,24,29,33-36,42,45-46H,2,10,12-14,16-17,20-23H2,1H3,(H,47,48)/t24?,33?,34?,35-,36?/m0/s1. The number of carboxylic acids is 1. The monoisotopic (exact) mass is 695 g/mol. The van der Waals surface area contributed by atoms with Crippen LogP contribution in [0.2, 0.25) is 0 Å². The van der Waals surface area contributed by atoms with E-state index in [-0.39, 0.29) is 41.8 Å². The maximum atomic E-state index is 11.3. The zero-order valence-corrected chi connectivity index (χ0v) is 28.8. The molecule has 268 valence electrons. The topological polar surface area (TPSA) is 169 Å². The normalized spacial score (nSPS) is 20.4. The van der Waals surface area contributed by atoms with E-state index in [0.29, 0.717) is 38.2 Å². The van der Waals surface area contributed by atoms with Crippen molar-refractivity contribution < 1.29 is 34.4 Å². The van der Waals surface area contributed by atoms with E-state index in [2.05, 4.69) is 52.4 Å². The van der Waals surface area contributed by atoms with Crippen LogP contribution in [0.1, 0.15) is 77.2 Å². The molecule has 4 unspecified atom stereocenters. The summed E-state index contributed by atoms with van der Waals surface area (Å²) in [5.74, 6) is -0.571. The number of aliphatic hydroxyl groups excluding tert-OH is 2. The number of nitrogens with one attached hydrogen (secondary N) is 1. The summed E-state index contributed by atoms with van der Waals surface area (Å²) in [5, 5.41) is 47.3. The molecule has 0 aromatic heterocycles. The highest BCUT2D eigenvalue weighted by atomic mass is 16.7. The van der Waals surface area contributed by atoms with Crippen LogP contribution in [0.15, 0.2) is 70.8 Å². The van der Waals surface area contributed by atoms with Crippen molar-refractivity contribution in [3.05, 3.63) is 99.6 Å². The van der Waals surface area contributed by atoms with Crippen LogP contribution in [0.25, 0.3) is 0 Å². The van der Waals surface area contributed by atoms with Gasteiger partial charge in [-0.15, -0.1) is 0 Å². The predicted molar refractivity (Wildman–Crippen MR) is 190 cm³/mol. The molecule has 51 heavy (non-hydrogen) atoms. The molecule has 1 saturated heterocycles. The fourth-order valence-electron chi connectivity index (χ4n) is 7.33. The number of likely N-dealkylation sites (tertiary alicyclic amines) is 1. The molecular formula is C39H45N5O7. The van der Waals surface area contributed by atoms with E-state index < -0.39 is 24.5 Å². The van der Waals surface area contributed by atoms with E-state index in [4.69, 9.17) is 19.3 Å². The maximum Gasteiger partial charge on any atom is 0.309 e. The molecule has 1 aliphatic heterocycles. The van der Waals surface area contributed by atoms with Gasteiger partial charge in [-0.05, 0) is 91.6 Å². The van der Waals surface area contributed by atoms with Crippen molar-refractivity contribution in [2.24, 2.45) is 16.1 Å². The number of carboxylic acid groups (broad SMARTS) is 1. The van der Waals surface area contributed by atoms with E-state index in [1.807, 2.05) is 18.2 Å². The quantitative estimate of drug-likeness (QED) is 0.0735. The molecule has 2 aliphatic carbocycles. The van der Waals surface area contributed by atoms with Crippen molar-refractivity contribution in [2.75, 3.05) is 26.2 Å². The van der Waals surface area contributed by atoms with Crippen molar-refractivity contribution >= 4 is 18.6 Å². The molecule has 4 N–H and O–H groups in total. The van der Waals surface area contributed by atoms with Crippen molar-refractivity contribution in [1.82, 2.24) is 10.2 Å². The number of benzene rings is 3. The molecule has 0 spiro atoms. The third-order valence-electron chi connectivity index (χ3n) is 10.1. The van der Waals surface area contributed by atoms with Crippen molar-refractivity contribution in [3.63, 3.8) is 0 Å². The number of aliphatic carboxylic acids is 1. The Hall–Kier alpha value is -4.64. The minimum Gasteiger partial charge on any atom is -0.481 e. The number of nitriles is 1. The third-order valence-corrected chi connectivity index (χ3v) is 10.1. The Morgan fingerprint density at radius 2 is 1.88 bits per heavy atom. The molecule has 0 radical (unpaired) electrons. The first-order valence-corrected chi connectivity index (χ1v) is 17.5. The maximum absolute atomic E-state index is 11.3. The lowest BCUT2D eigenvalue weighted by Gasteiger charge is -2.41. The van der Waals surface area contributed by atoms with Crippen LogP contribution in [0.4, 0.5) is 0 Å². The lowest BCUT2D eigenvalue weighted by atomic mass is 9.94. The van der Waals surface area contributed by atoms with Crippen molar-refractivity contribution in [3.8, 4) is 11.8 Å². The molecule has 0 bridgehead atoms. The smallest absolute Gasteiger partial charge is 0.309 e. The second kappa shape index (κ2) is 16.6. The van der Waals surface area contributed by atoms with Gasteiger partial charge in [0.05, 0.1) is 30.7 Å². The molecule has 6 rings (SSSR count). The number of carbonyl (C=O) groups is 1. The van der Waals surface area contributed by atoms with Gasteiger partial charge >= 0.3 is 5.97 Å². The fraction of sp³-hybridized carbons (Fsp3) is 0.436. The minimum atomic E-state index is -1.11. The Labute approximate surface area is 298 Å². The van der Waals surface area contributed by atoms with E-state index in [9.17, 15) is 25.4 Å². The average Bonchev–Trinajstić information content (AvgIpc) is 3.73. The van der Waals surface area contributed by atoms with Gasteiger partial charge in [0.15, 0.2) is 6.29 Å². The van der Waals surface area contributed by atoms with E-state index in [0.717, 1.165) is 31.2 Å². The van der Waals surface area contributed by atoms with Gasteiger partial charge in [0, 0.05) is 37.5 Å². The summed E-state index contributed by atoms with van der Waals surface area (Å²) in [6, 6.07) is 22.0. The summed E-state index contributed by atoms with van der Waals surface area (Å²) in [4.78, 5) is 23.7. The molecule has 12 nitrogen and oxygen atoms in total. The van der Waals surface area contributed by atoms with E-state index >= 15 is 0 Å². The van der Waals surface area contributed by atoms with Gasteiger partial charge in [0.1, 0.15) is 17.9 Å². The molecule has 0 amide bonds. The van der Waals surface area contributed by atoms with Crippen LogP contribution in [-0.2, 0) is 33.8 Å². The third kappa shape index (κ3) is 8.47. The lowest BCUT2D eigenvalue weighted by molar-refractivity contribution is -0.148. The summed E-state index contributed by atoms with van der Waals surface area (Å²) >= 11 is 0. The number of oxime groups is 1. The Morgan fingerprint density at radius 3 is 2.67 bits per heavy atom. The number of aliphatic hydroxyl groups is 2. The Bertz CT molecular complexity index is 1790. The molecular weight excluding hydrogens is 650 g/mol. The number of aliphatic imine (C=N–C) groups is 1. The SMILES string of the molecule is C=NOC(=NCc1cccc2c1CCC2N1CC(C(=O)O)C1)c1ccc(OC(C)OCC(O)[C@@H](O)CCNC2CCc3ccccc32)c(C#N)c1. The van der Waals surface area contributed by atoms with Gasteiger partial charge in [-0.25, -0.2) is 4.99 Å². The zero-order chi connectivity index (χ0) is 35.9. The van der Waals surface area contributed by atoms with Crippen LogP contribution in [0, 0.1) is 17.2 Å². The number of rotatable bonds is 16. The average molecular weight is 696 g/mol. The second-order valence-electron chi connectivity index (χ2n) is 13.4. The molecule has 3 aromatic rings. The molecule has 1 heterocycles. The number of aryl methyl sites for hydroxylation is 1. The van der Waals surface area contributed by atoms with Gasteiger partial charge in [-0.3, -0.25) is 9.69 Å². The van der Waals surface area contributed by atoms with Crippen LogP contribution < -0.4 is 10.1 Å². The Morgan fingerprint density at radius 1 is 1.08 bits per heavy atom. The number of fused-ring (bicyclic) bond motifs is 2. The summed E-state index contributed by atoms with van der Waals surface area (Å²) in [6.45, 7) is 6.96. The molecule has 0 saturated carbocycles. The highest BCUT2D eigenvalue weighted by Crippen LogP contribution is 2.41. The number of ether oxygens (including phenoxy) is 2. The van der Waals surface area contributed by atoms with Gasteiger partial charge < -0.3 is 34.9 Å². The number of hydrogen-bond donors (Lipinski definition) is 4. The molecule has 12 heteroatoms. The first-order valence-electron chi connectivity index (χ1n) is 17.5. The summed E-state index contributed by atoms with van der Waals surface area (Å²) in [7, 11) is 0. The first kappa shape index (κ1) is 36.2. The van der Waals surface area contributed by atoms with E-state index in [1.165, 1.54) is 22.3 Å². The summed E-state index contributed by atoms with van der Waals surface area (Å²) in [5.41, 5.74) is 6.86. The lowest BCUT2D eigenvalue weighted by Crippen LogP contribution is -2.51. The summed E-state index contributed by atoms with van der Waals surface area (Å²) in [6.07, 6.45) is 1.33. The second-order valence-corrected chi connectivity index (χ2v) is 13.4. The van der Waals surface area contributed by atoms with E-state index in [1.54, 1.807) is 25.1 Å². The summed E-state index contributed by atoms with van der Waals surface area (Å²) < 4.78 is 11.6. The largest absolute Gasteiger partial charge is 0.481 e. The number of nitrogens with zero attached hydrogens (tertiary/aromatic N) is 4. The van der Waals surface area contributed by atoms with Gasteiger partial charge in [-0.1, -0.05) is 47.6 Å².